The minimum absolute atomic E-state index is 0.0351. The number of piperazine rings is 1. The van der Waals surface area contributed by atoms with Gasteiger partial charge in [-0.1, -0.05) is 13.0 Å². The summed E-state index contributed by atoms with van der Waals surface area (Å²) in [5.41, 5.74) is 0.656. The van der Waals surface area contributed by atoms with Crippen LogP contribution >= 0.6 is 0 Å². The molecular weight excluding hydrogens is 266 g/mol. The molecule has 1 aliphatic rings. The molecule has 5 heteroatoms. The predicted octanol–water partition coefficient (Wildman–Crippen LogP) is 1.11. The van der Waals surface area contributed by atoms with Gasteiger partial charge >= 0.3 is 0 Å². The van der Waals surface area contributed by atoms with Crippen LogP contribution in [-0.2, 0) is 0 Å². The number of carbonyl (C=O) groups excluding carboxylic acids is 1. The maximum Gasteiger partial charge on any atom is 0.251 e. The first-order valence-electron chi connectivity index (χ1n) is 7.73. The number of rotatable bonds is 7. The maximum absolute atomic E-state index is 12.1. The van der Waals surface area contributed by atoms with E-state index >= 15 is 0 Å². The van der Waals surface area contributed by atoms with Crippen LogP contribution in [0.1, 0.15) is 23.7 Å². The number of carbonyl (C=O) groups is 1. The molecule has 2 rings (SSSR count). The zero-order valence-electron chi connectivity index (χ0n) is 12.7. The van der Waals surface area contributed by atoms with Gasteiger partial charge in [0.05, 0.1) is 6.61 Å². The Bertz CT molecular complexity index is 445. The fourth-order valence-electron chi connectivity index (χ4n) is 2.31. The van der Waals surface area contributed by atoms with Crippen molar-refractivity contribution in [1.82, 2.24) is 15.5 Å². The first-order valence-corrected chi connectivity index (χ1v) is 7.73. The van der Waals surface area contributed by atoms with E-state index in [1.807, 2.05) is 18.2 Å². The van der Waals surface area contributed by atoms with E-state index in [9.17, 15) is 4.79 Å². The standard InChI is InChI=1S/C16H25N3O2/c1-2-12-21-15-5-3-4-14(13-15)16(20)18-8-11-19-9-6-17-7-10-19/h3-5,13,17H,2,6-12H2,1H3,(H,18,20). The summed E-state index contributed by atoms with van der Waals surface area (Å²) in [6.07, 6.45) is 0.959. The van der Waals surface area contributed by atoms with Crippen LogP contribution in [0.25, 0.3) is 0 Å². The Labute approximate surface area is 126 Å². The van der Waals surface area contributed by atoms with Crippen molar-refractivity contribution in [1.29, 1.82) is 0 Å². The van der Waals surface area contributed by atoms with Crippen LogP contribution in [-0.4, -0.2) is 56.7 Å². The lowest BCUT2D eigenvalue weighted by molar-refractivity contribution is 0.0947. The highest BCUT2D eigenvalue weighted by Crippen LogP contribution is 2.13. The first kappa shape index (κ1) is 15.8. The van der Waals surface area contributed by atoms with Gasteiger partial charge in [-0.15, -0.1) is 0 Å². The van der Waals surface area contributed by atoms with Crippen molar-refractivity contribution in [3.8, 4) is 5.75 Å². The van der Waals surface area contributed by atoms with Crippen molar-refractivity contribution >= 4 is 5.91 Å². The summed E-state index contributed by atoms with van der Waals surface area (Å²) in [6.45, 7) is 8.49. The van der Waals surface area contributed by atoms with E-state index in [1.165, 1.54) is 0 Å². The van der Waals surface area contributed by atoms with E-state index < -0.39 is 0 Å². The lowest BCUT2D eigenvalue weighted by Gasteiger charge is -2.27. The van der Waals surface area contributed by atoms with Crippen LogP contribution in [0, 0.1) is 0 Å². The SMILES string of the molecule is CCCOc1cccc(C(=O)NCCN2CCNCC2)c1. The van der Waals surface area contributed by atoms with Crippen LogP contribution in [0.3, 0.4) is 0 Å². The van der Waals surface area contributed by atoms with Crippen LogP contribution in [0.4, 0.5) is 0 Å². The fraction of sp³-hybridized carbons (Fsp3) is 0.562. The van der Waals surface area contributed by atoms with E-state index in [4.69, 9.17) is 4.74 Å². The van der Waals surface area contributed by atoms with E-state index in [0.29, 0.717) is 18.7 Å². The van der Waals surface area contributed by atoms with Crippen molar-refractivity contribution in [3.05, 3.63) is 29.8 Å². The number of ether oxygens (including phenoxy) is 1. The number of hydrogen-bond donors (Lipinski definition) is 2. The minimum Gasteiger partial charge on any atom is -0.494 e. The molecule has 2 N–H and O–H groups in total. The molecule has 0 atom stereocenters. The van der Waals surface area contributed by atoms with Crippen molar-refractivity contribution < 1.29 is 9.53 Å². The topological polar surface area (TPSA) is 53.6 Å². The number of nitrogens with zero attached hydrogens (tertiary/aromatic N) is 1. The number of hydrogen-bond acceptors (Lipinski definition) is 4. The van der Waals surface area contributed by atoms with Crippen LogP contribution in [0.2, 0.25) is 0 Å². The van der Waals surface area contributed by atoms with Crippen LogP contribution in [0.5, 0.6) is 5.75 Å². The molecule has 1 aromatic rings. The molecule has 1 amide bonds. The summed E-state index contributed by atoms with van der Waals surface area (Å²) in [7, 11) is 0. The Morgan fingerprint density at radius 1 is 1.38 bits per heavy atom. The van der Waals surface area contributed by atoms with Gasteiger partial charge in [-0.2, -0.15) is 0 Å². The van der Waals surface area contributed by atoms with E-state index in [2.05, 4.69) is 22.5 Å². The molecule has 0 unspecified atom stereocenters. The molecule has 0 saturated carbocycles. The number of amides is 1. The minimum atomic E-state index is -0.0351. The highest BCUT2D eigenvalue weighted by Gasteiger charge is 2.10. The van der Waals surface area contributed by atoms with Gasteiger partial charge in [0.25, 0.3) is 5.91 Å². The average molecular weight is 291 g/mol. The highest BCUT2D eigenvalue weighted by molar-refractivity contribution is 5.94. The van der Waals surface area contributed by atoms with Crippen molar-refractivity contribution in [2.45, 2.75) is 13.3 Å². The molecule has 0 bridgehead atoms. The average Bonchev–Trinajstić information content (AvgIpc) is 2.54. The molecule has 1 aliphatic heterocycles. The lowest BCUT2D eigenvalue weighted by atomic mass is 10.2. The third kappa shape index (κ3) is 5.36. The molecule has 0 radical (unpaired) electrons. The smallest absolute Gasteiger partial charge is 0.251 e. The summed E-state index contributed by atoms with van der Waals surface area (Å²) >= 11 is 0. The number of benzene rings is 1. The maximum atomic E-state index is 12.1. The Morgan fingerprint density at radius 3 is 2.95 bits per heavy atom. The number of nitrogens with one attached hydrogen (secondary N) is 2. The van der Waals surface area contributed by atoms with Crippen molar-refractivity contribution in [2.75, 3.05) is 45.9 Å². The molecule has 0 aliphatic carbocycles. The Morgan fingerprint density at radius 2 is 2.19 bits per heavy atom. The monoisotopic (exact) mass is 291 g/mol. The molecule has 1 heterocycles. The van der Waals surface area contributed by atoms with E-state index in [0.717, 1.165) is 44.9 Å². The van der Waals surface area contributed by atoms with Crippen molar-refractivity contribution in [3.63, 3.8) is 0 Å². The predicted molar refractivity (Wildman–Crippen MR) is 83.9 cm³/mol. The van der Waals surface area contributed by atoms with Gasteiger partial charge in [-0.25, -0.2) is 0 Å². The molecule has 5 nitrogen and oxygen atoms in total. The second kappa shape index (κ2) is 8.64. The Balaban J connectivity index is 1.76. The second-order valence-corrected chi connectivity index (χ2v) is 5.22. The molecule has 116 valence electrons. The van der Waals surface area contributed by atoms with Crippen molar-refractivity contribution in [2.24, 2.45) is 0 Å². The normalized spacial score (nSPS) is 15.7. The summed E-state index contributed by atoms with van der Waals surface area (Å²) in [5, 5.41) is 6.29. The largest absolute Gasteiger partial charge is 0.494 e. The lowest BCUT2D eigenvalue weighted by Crippen LogP contribution is -2.46. The first-order chi connectivity index (χ1) is 10.3. The van der Waals surface area contributed by atoms with E-state index in [-0.39, 0.29) is 5.91 Å². The summed E-state index contributed by atoms with van der Waals surface area (Å²) < 4.78 is 5.55. The van der Waals surface area contributed by atoms with Crippen LogP contribution < -0.4 is 15.4 Å². The van der Waals surface area contributed by atoms with Gasteiger partial charge in [0, 0.05) is 44.8 Å². The quantitative estimate of drug-likeness (QED) is 0.790. The highest BCUT2D eigenvalue weighted by atomic mass is 16.5. The van der Waals surface area contributed by atoms with E-state index in [1.54, 1.807) is 6.07 Å². The molecule has 1 fully saturated rings. The molecule has 1 saturated heterocycles. The second-order valence-electron chi connectivity index (χ2n) is 5.22. The zero-order valence-corrected chi connectivity index (χ0v) is 12.7. The summed E-state index contributed by atoms with van der Waals surface area (Å²) in [4.78, 5) is 14.5. The van der Waals surface area contributed by atoms with Crippen LogP contribution in [0.15, 0.2) is 24.3 Å². The van der Waals surface area contributed by atoms with Gasteiger partial charge in [0.15, 0.2) is 0 Å². The molecule has 0 spiro atoms. The molecule has 21 heavy (non-hydrogen) atoms. The van der Waals surface area contributed by atoms with Gasteiger partial charge in [-0.3, -0.25) is 9.69 Å². The molecular formula is C16H25N3O2. The molecule has 1 aromatic carbocycles. The third-order valence-corrected chi connectivity index (χ3v) is 3.49. The molecule has 0 aromatic heterocycles. The van der Waals surface area contributed by atoms with Gasteiger partial charge in [0.1, 0.15) is 5.75 Å². The van der Waals surface area contributed by atoms with Gasteiger partial charge < -0.3 is 15.4 Å². The Hall–Kier alpha value is -1.59. The Kier molecular flexibility index (Phi) is 6.50. The zero-order chi connectivity index (χ0) is 14.9. The fourth-order valence-corrected chi connectivity index (χ4v) is 2.31. The van der Waals surface area contributed by atoms with Gasteiger partial charge in [0.2, 0.25) is 0 Å². The summed E-state index contributed by atoms with van der Waals surface area (Å²) in [6, 6.07) is 7.36. The summed E-state index contributed by atoms with van der Waals surface area (Å²) in [5.74, 6) is 0.721. The third-order valence-electron chi connectivity index (χ3n) is 3.49. The van der Waals surface area contributed by atoms with Gasteiger partial charge in [-0.05, 0) is 24.6 Å².